The molecule has 3 nitrogen and oxygen atoms in total. The molecule has 1 N–H and O–H groups in total. The number of pyridine rings is 1. The fourth-order valence-corrected chi connectivity index (χ4v) is 2.82. The highest BCUT2D eigenvalue weighted by Gasteiger charge is 2.05. The second-order valence-corrected chi connectivity index (χ2v) is 5.76. The molecular formula is C15H17ClN2OS. The van der Waals surface area contributed by atoms with Crippen molar-refractivity contribution < 1.29 is 4.74 Å². The van der Waals surface area contributed by atoms with Crippen LogP contribution >= 0.6 is 23.4 Å². The van der Waals surface area contributed by atoms with E-state index in [0.29, 0.717) is 6.61 Å². The lowest BCUT2D eigenvalue weighted by atomic mass is 10.2. The largest absolute Gasteiger partial charge is 0.383 e. The van der Waals surface area contributed by atoms with Gasteiger partial charge in [0.2, 0.25) is 0 Å². The van der Waals surface area contributed by atoms with Crippen LogP contribution < -0.4 is 5.32 Å². The van der Waals surface area contributed by atoms with Crippen LogP contribution in [0.2, 0.25) is 5.02 Å². The van der Waals surface area contributed by atoms with Crippen molar-refractivity contribution in [3.8, 4) is 0 Å². The molecule has 0 aliphatic carbocycles. The molecule has 0 unspecified atom stereocenters. The Labute approximate surface area is 128 Å². The Morgan fingerprint density at radius 1 is 1.25 bits per heavy atom. The minimum Gasteiger partial charge on any atom is -0.383 e. The maximum Gasteiger partial charge on any atom is 0.0587 e. The zero-order chi connectivity index (χ0) is 14.2. The molecule has 0 aliphatic heterocycles. The molecule has 0 bridgehead atoms. The van der Waals surface area contributed by atoms with Gasteiger partial charge >= 0.3 is 0 Å². The van der Waals surface area contributed by atoms with Gasteiger partial charge in [0, 0.05) is 47.4 Å². The predicted octanol–water partition coefficient (Wildman–Crippen LogP) is 3.62. The molecule has 20 heavy (non-hydrogen) atoms. The van der Waals surface area contributed by atoms with Gasteiger partial charge < -0.3 is 10.1 Å². The summed E-state index contributed by atoms with van der Waals surface area (Å²) in [7, 11) is 1.70. The van der Waals surface area contributed by atoms with Crippen LogP contribution in [0.4, 0.5) is 0 Å². The summed E-state index contributed by atoms with van der Waals surface area (Å²) < 4.78 is 5.03. The molecule has 0 aliphatic rings. The van der Waals surface area contributed by atoms with Crippen LogP contribution in [0.3, 0.4) is 0 Å². The van der Waals surface area contributed by atoms with Crippen molar-refractivity contribution in [3.05, 3.63) is 53.3 Å². The first-order valence-electron chi connectivity index (χ1n) is 6.35. The number of halogens is 1. The molecule has 106 valence electrons. The Morgan fingerprint density at radius 2 is 2.05 bits per heavy atom. The third-order valence-electron chi connectivity index (χ3n) is 2.70. The third-order valence-corrected chi connectivity index (χ3v) is 4.06. The molecule has 5 heteroatoms. The minimum absolute atomic E-state index is 0.702. The monoisotopic (exact) mass is 308 g/mol. The van der Waals surface area contributed by atoms with Crippen molar-refractivity contribution in [3.63, 3.8) is 0 Å². The second kappa shape index (κ2) is 8.27. The van der Waals surface area contributed by atoms with E-state index in [1.54, 1.807) is 31.3 Å². The van der Waals surface area contributed by atoms with E-state index in [4.69, 9.17) is 16.3 Å². The van der Waals surface area contributed by atoms with E-state index in [-0.39, 0.29) is 0 Å². The number of aromatic nitrogens is 1. The topological polar surface area (TPSA) is 34.1 Å². The standard InChI is InChI=1S/C15H17ClN2OS/c1-19-9-8-18-11-12-10-13(16)2-3-15(12)20-14-4-6-17-7-5-14/h2-7,10,18H,8-9,11H2,1H3. The molecule has 1 heterocycles. The molecule has 1 aromatic heterocycles. The van der Waals surface area contributed by atoms with Gasteiger partial charge in [-0.3, -0.25) is 4.98 Å². The van der Waals surface area contributed by atoms with Crippen LogP contribution in [0.1, 0.15) is 5.56 Å². The highest BCUT2D eigenvalue weighted by molar-refractivity contribution is 7.99. The fourth-order valence-electron chi connectivity index (χ4n) is 1.72. The summed E-state index contributed by atoms with van der Waals surface area (Å²) >= 11 is 7.80. The number of benzene rings is 1. The number of hydrogen-bond donors (Lipinski definition) is 1. The van der Waals surface area contributed by atoms with Gasteiger partial charge in [-0.15, -0.1) is 0 Å². The van der Waals surface area contributed by atoms with E-state index in [2.05, 4.69) is 16.4 Å². The Balaban J connectivity index is 2.07. The van der Waals surface area contributed by atoms with Gasteiger partial charge in [0.25, 0.3) is 0 Å². The molecule has 0 atom stereocenters. The summed E-state index contributed by atoms with van der Waals surface area (Å²) in [6.07, 6.45) is 3.60. The number of hydrogen-bond acceptors (Lipinski definition) is 4. The van der Waals surface area contributed by atoms with Crippen LogP contribution in [-0.2, 0) is 11.3 Å². The van der Waals surface area contributed by atoms with Crippen molar-refractivity contribution in [2.45, 2.75) is 16.3 Å². The number of nitrogens with zero attached hydrogens (tertiary/aromatic N) is 1. The SMILES string of the molecule is COCCNCc1cc(Cl)ccc1Sc1ccncc1. The summed E-state index contributed by atoms with van der Waals surface area (Å²) in [5.74, 6) is 0. The summed E-state index contributed by atoms with van der Waals surface area (Å²) in [6.45, 7) is 2.30. The van der Waals surface area contributed by atoms with E-state index >= 15 is 0 Å². The summed E-state index contributed by atoms with van der Waals surface area (Å²) in [5.41, 5.74) is 1.19. The Kier molecular flexibility index (Phi) is 6.33. The number of methoxy groups -OCH3 is 1. The molecule has 0 saturated heterocycles. The van der Waals surface area contributed by atoms with Crippen LogP contribution in [0.5, 0.6) is 0 Å². The minimum atomic E-state index is 0.702. The summed E-state index contributed by atoms with van der Waals surface area (Å²) in [4.78, 5) is 6.40. The lowest BCUT2D eigenvalue weighted by Gasteiger charge is -2.11. The zero-order valence-electron chi connectivity index (χ0n) is 11.3. The van der Waals surface area contributed by atoms with E-state index in [1.165, 1.54) is 15.4 Å². The molecule has 2 rings (SSSR count). The molecular weight excluding hydrogens is 292 g/mol. The first-order valence-corrected chi connectivity index (χ1v) is 7.55. The van der Waals surface area contributed by atoms with Crippen molar-refractivity contribution in [2.75, 3.05) is 20.3 Å². The van der Waals surface area contributed by atoms with Gasteiger partial charge in [0.05, 0.1) is 6.61 Å². The quantitative estimate of drug-likeness (QED) is 0.792. The third kappa shape index (κ3) is 4.80. The highest BCUT2D eigenvalue weighted by atomic mass is 35.5. The molecule has 0 saturated carbocycles. The van der Waals surface area contributed by atoms with E-state index in [1.807, 2.05) is 24.3 Å². The number of nitrogens with one attached hydrogen (secondary N) is 1. The van der Waals surface area contributed by atoms with Gasteiger partial charge in [-0.25, -0.2) is 0 Å². The summed E-state index contributed by atoms with van der Waals surface area (Å²) in [5, 5.41) is 4.10. The second-order valence-electron chi connectivity index (χ2n) is 4.21. The molecule has 0 fully saturated rings. The number of rotatable bonds is 7. The van der Waals surface area contributed by atoms with Gasteiger partial charge in [-0.1, -0.05) is 23.4 Å². The van der Waals surface area contributed by atoms with E-state index in [0.717, 1.165) is 18.1 Å². The van der Waals surface area contributed by atoms with Gasteiger partial charge in [-0.05, 0) is 35.9 Å². The van der Waals surface area contributed by atoms with Gasteiger partial charge in [0.1, 0.15) is 0 Å². The van der Waals surface area contributed by atoms with Crippen molar-refractivity contribution in [1.29, 1.82) is 0 Å². The summed E-state index contributed by atoms with van der Waals surface area (Å²) in [6, 6.07) is 9.98. The number of ether oxygens (including phenoxy) is 1. The normalized spacial score (nSPS) is 10.7. The Hall–Kier alpha value is -1.07. The molecule has 0 spiro atoms. The predicted molar refractivity (Wildman–Crippen MR) is 83.4 cm³/mol. The van der Waals surface area contributed by atoms with Crippen molar-refractivity contribution in [2.24, 2.45) is 0 Å². The molecule has 2 aromatic rings. The van der Waals surface area contributed by atoms with E-state index < -0.39 is 0 Å². The van der Waals surface area contributed by atoms with Gasteiger partial charge in [0.15, 0.2) is 0 Å². The lowest BCUT2D eigenvalue weighted by molar-refractivity contribution is 0.199. The maximum atomic E-state index is 6.09. The van der Waals surface area contributed by atoms with Crippen LogP contribution in [0.25, 0.3) is 0 Å². The van der Waals surface area contributed by atoms with Crippen LogP contribution in [0, 0.1) is 0 Å². The Bertz CT molecular complexity index is 537. The van der Waals surface area contributed by atoms with Gasteiger partial charge in [-0.2, -0.15) is 0 Å². The molecule has 0 amide bonds. The smallest absolute Gasteiger partial charge is 0.0587 e. The van der Waals surface area contributed by atoms with E-state index in [9.17, 15) is 0 Å². The van der Waals surface area contributed by atoms with Crippen LogP contribution in [0.15, 0.2) is 52.5 Å². The molecule has 0 radical (unpaired) electrons. The molecule has 1 aromatic carbocycles. The first-order chi connectivity index (χ1) is 9.79. The first kappa shape index (κ1) is 15.3. The lowest BCUT2D eigenvalue weighted by Crippen LogP contribution is -2.18. The van der Waals surface area contributed by atoms with Crippen LogP contribution in [-0.4, -0.2) is 25.2 Å². The Morgan fingerprint density at radius 3 is 2.80 bits per heavy atom. The zero-order valence-corrected chi connectivity index (χ0v) is 12.9. The average Bonchev–Trinajstić information content (AvgIpc) is 2.47. The highest BCUT2D eigenvalue weighted by Crippen LogP contribution is 2.31. The van der Waals surface area contributed by atoms with Crippen molar-refractivity contribution in [1.82, 2.24) is 10.3 Å². The maximum absolute atomic E-state index is 6.09. The fraction of sp³-hybridized carbons (Fsp3) is 0.267. The average molecular weight is 309 g/mol. The van der Waals surface area contributed by atoms with Crippen molar-refractivity contribution >= 4 is 23.4 Å².